The fourth-order valence-corrected chi connectivity index (χ4v) is 6.34. The van der Waals surface area contributed by atoms with Crippen molar-refractivity contribution < 1.29 is 35.5 Å². The van der Waals surface area contributed by atoms with E-state index in [1.165, 1.54) is 13.8 Å². The Labute approximate surface area is 235 Å². The summed E-state index contributed by atoms with van der Waals surface area (Å²) in [4.78, 5) is -1.36. The molecule has 1 aliphatic heterocycles. The SMILES string of the molecule is CC(C)Oc1c(F)c(F)c(F)c(F)c1S(=O)(=O)N1CCC[C@@H](n2ccc(-c3ccc(Oc4ccccc4)cc3)n2)C1. The first-order chi connectivity index (χ1) is 19.6. The lowest BCUT2D eigenvalue weighted by molar-refractivity contribution is 0.211. The number of para-hydroxylation sites is 1. The van der Waals surface area contributed by atoms with Gasteiger partial charge in [0.05, 0.1) is 17.8 Å². The third-order valence-corrected chi connectivity index (χ3v) is 8.50. The smallest absolute Gasteiger partial charge is 0.250 e. The van der Waals surface area contributed by atoms with Crippen molar-refractivity contribution in [3.63, 3.8) is 0 Å². The Kier molecular flexibility index (Phi) is 8.05. The standard InChI is InChI=1S/C29H27F4N3O4S/c1-18(2)39-28-26(32)24(30)25(31)27(33)29(28)41(37,38)35-15-6-7-20(17-35)36-16-14-23(34-36)19-10-12-22(13-11-19)40-21-8-4-3-5-9-21/h3-5,8-14,16,18,20H,6-7,15,17H2,1-2H3/t20-/m1/s1. The van der Waals surface area contributed by atoms with E-state index in [4.69, 9.17) is 9.47 Å². The van der Waals surface area contributed by atoms with Crippen LogP contribution in [-0.2, 0) is 10.0 Å². The summed E-state index contributed by atoms with van der Waals surface area (Å²) in [6.45, 7) is 2.67. The fraction of sp³-hybridized carbons (Fsp3) is 0.276. The zero-order valence-electron chi connectivity index (χ0n) is 22.2. The zero-order valence-corrected chi connectivity index (χ0v) is 23.0. The number of benzene rings is 3. The van der Waals surface area contributed by atoms with Gasteiger partial charge < -0.3 is 9.47 Å². The molecule has 4 aromatic rings. The number of ether oxygens (including phenoxy) is 2. The average Bonchev–Trinajstić information content (AvgIpc) is 3.46. The summed E-state index contributed by atoms with van der Waals surface area (Å²) in [6.07, 6.45) is 1.80. The first-order valence-electron chi connectivity index (χ1n) is 13.0. The van der Waals surface area contributed by atoms with Crippen LogP contribution in [0.1, 0.15) is 32.7 Å². The number of hydrogen-bond acceptors (Lipinski definition) is 5. The largest absolute Gasteiger partial charge is 0.486 e. The predicted octanol–water partition coefficient (Wildman–Crippen LogP) is 6.71. The summed E-state index contributed by atoms with van der Waals surface area (Å²) in [5.74, 6) is -8.12. The molecule has 0 unspecified atom stereocenters. The number of hydrogen-bond donors (Lipinski definition) is 0. The van der Waals surface area contributed by atoms with Crippen LogP contribution in [0.3, 0.4) is 0 Å². The Morgan fingerprint density at radius 1 is 0.878 bits per heavy atom. The van der Waals surface area contributed by atoms with Gasteiger partial charge in [0.1, 0.15) is 11.5 Å². The lowest BCUT2D eigenvalue weighted by Gasteiger charge is -2.32. The van der Waals surface area contributed by atoms with Gasteiger partial charge in [-0.05, 0) is 69.2 Å². The van der Waals surface area contributed by atoms with Gasteiger partial charge in [-0.1, -0.05) is 18.2 Å². The summed E-state index contributed by atoms with van der Waals surface area (Å²) in [5, 5.41) is 4.61. The van der Waals surface area contributed by atoms with Gasteiger partial charge in [-0.25, -0.2) is 21.6 Å². The molecule has 12 heteroatoms. The molecule has 5 rings (SSSR count). The summed E-state index contributed by atoms with van der Waals surface area (Å²) >= 11 is 0. The summed E-state index contributed by atoms with van der Waals surface area (Å²) in [7, 11) is -4.82. The average molecular weight is 590 g/mol. The van der Waals surface area contributed by atoms with E-state index in [1.54, 1.807) is 16.9 Å². The second-order valence-electron chi connectivity index (χ2n) is 9.86. The molecule has 1 saturated heterocycles. The van der Waals surface area contributed by atoms with Crippen molar-refractivity contribution in [2.75, 3.05) is 13.1 Å². The topological polar surface area (TPSA) is 73.7 Å². The van der Waals surface area contributed by atoms with Crippen LogP contribution >= 0.6 is 0 Å². The van der Waals surface area contributed by atoms with E-state index < -0.39 is 56.1 Å². The van der Waals surface area contributed by atoms with Crippen LogP contribution in [0.15, 0.2) is 71.8 Å². The van der Waals surface area contributed by atoms with Crippen LogP contribution in [-0.4, -0.2) is 41.7 Å². The van der Waals surface area contributed by atoms with Gasteiger partial charge in [0.2, 0.25) is 21.7 Å². The second-order valence-corrected chi connectivity index (χ2v) is 11.7. The van der Waals surface area contributed by atoms with Crippen molar-refractivity contribution in [3.8, 4) is 28.5 Å². The Morgan fingerprint density at radius 2 is 1.54 bits per heavy atom. The molecule has 1 atom stereocenters. The third kappa shape index (κ3) is 5.80. The maximum absolute atomic E-state index is 14.9. The maximum Gasteiger partial charge on any atom is 0.250 e. The minimum Gasteiger partial charge on any atom is -0.486 e. The first kappa shape index (κ1) is 28.6. The van der Waals surface area contributed by atoms with Gasteiger partial charge in [0, 0.05) is 24.8 Å². The minimum atomic E-state index is -4.82. The molecule has 0 saturated carbocycles. The van der Waals surface area contributed by atoms with Gasteiger partial charge in [-0.15, -0.1) is 0 Å². The molecule has 0 bridgehead atoms. The lowest BCUT2D eigenvalue weighted by atomic mass is 10.1. The lowest BCUT2D eigenvalue weighted by Crippen LogP contribution is -2.41. The number of sulfonamides is 1. The summed E-state index contributed by atoms with van der Waals surface area (Å²) in [6, 6.07) is 18.0. The number of rotatable bonds is 8. The molecule has 1 fully saturated rings. The molecule has 0 amide bonds. The van der Waals surface area contributed by atoms with Crippen molar-refractivity contribution in [3.05, 3.63) is 90.1 Å². The normalized spacial score (nSPS) is 16.2. The van der Waals surface area contributed by atoms with E-state index >= 15 is 0 Å². The highest BCUT2D eigenvalue weighted by molar-refractivity contribution is 7.89. The van der Waals surface area contributed by atoms with Crippen molar-refractivity contribution in [2.24, 2.45) is 0 Å². The molecule has 216 valence electrons. The van der Waals surface area contributed by atoms with Crippen LogP contribution in [0.25, 0.3) is 11.3 Å². The maximum atomic E-state index is 14.9. The Balaban J connectivity index is 1.37. The molecule has 41 heavy (non-hydrogen) atoms. The molecule has 0 radical (unpaired) electrons. The Hall–Kier alpha value is -3.90. The number of halogens is 4. The highest BCUT2D eigenvalue weighted by Crippen LogP contribution is 2.38. The highest BCUT2D eigenvalue weighted by atomic mass is 32.2. The van der Waals surface area contributed by atoms with E-state index in [-0.39, 0.29) is 13.1 Å². The van der Waals surface area contributed by atoms with E-state index in [2.05, 4.69) is 5.10 Å². The number of piperidine rings is 1. The molecular weight excluding hydrogens is 562 g/mol. The molecule has 1 aromatic heterocycles. The van der Waals surface area contributed by atoms with Gasteiger partial charge in [-0.2, -0.15) is 13.8 Å². The van der Waals surface area contributed by atoms with E-state index in [0.29, 0.717) is 30.0 Å². The highest BCUT2D eigenvalue weighted by Gasteiger charge is 2.40. The monoisotopic (exact) mass is 589 g/mol. The second kappa shape index (κ2) is 11.5. The van der Waals surface area contributed by atoms with Crippen LogP contribution in [0.2, 0.25) is 0 Å². The van der Waals surface area contributed by atoms with Crippen LogP contribution < -0.4 is 9.47 Å². The quantitative estimate of drug-likeness (QED) is 0.130. The third-order valence-electron chi connectivity index (χ3n) is 6.61. The Bertz CT molecular complexity index is 1650. The van der Waals surface area contributed by atoms with Gasteiger partial charge in [-0.3, -0.25) is 4.68 Å². The Morgan fingerprint density at radius 3 is 2.22 bits per heavy atom. The molecule has 1 aliphatic rings. The molecule has 0 spiro atoms. The van der Waals surface area contributed by atoms with Crippen LogP contribution in [0.5, 0.6) is 17.2 Å². The summed E-state index contributed by atoms with van der Waals surface area (Å²) < 4.78 is 98.0. The number of aromatic nitrogens is 2. The van der Waals surface area contributed by atoms with Crippen LogP contribution in [0.4, 0.5) is 17.6 Å². The zero-order chi connectivity index (χ0) is 29.3. The van der Waals surface area contributed by atoms with E-state index in [9.17, 15) is 26.0 Å². The first-order valence-corrected chi connectivity index (χ1v) is 14.4. The van der Waals surface area contributed by atoms with Crippen LogP contribution in [0, 0.1) is 23.3 Å². The van der Waals surface area contributed by atoms with Gasteiger partial charge >= 0.3 is 0 Å². The minimum absolute atomic E-state index is 0.0307. The molecule has 7 nitrogen and oxygen atoms in total. The molecule has 0 aliphatic carbocycles. The molecular formula is C29H27F4N3O4S. The van der Waals surface area contributed by atoms with Crippen molar-refractivity contribution >= 4 is 10.0 Å². The van der Waals surface area contributed by atoms with Crippen molar-refractivity contribution in [2.45, 2.75) is 43.7 Å². The molecule has 3 aromatic carbocycles. The summed E-state index contributed by atoms with van der Waals surface area (Å²) in [5.41, 5.74) is 1.44. The van der Waals surface area contributed by atoms with Crippen molar-refractivity contribution in [1.82, 2.24) is 14.1 Å². The van der Waals surface area contributed by atoms with Gasteiger partial charge in [0.15, 0.2) is 22.3 Å². The van der Waals surface area contributed by atoms with E-state index in [0.717, 1.165) is 9.87 Å². The molecule has 2 heterocycles. The number of nitrogens with zero attached hydrogens (tertiary/aromatic N) is 3. The van der Waals surface area contributed by atoms with Gasteiger partial charge in [0.25, 0.3) is 0 Å². The molecule has 0 N–H and O–H groups in total. The predicted molar refractivity (Wildman–Crippen MR) is 143 cm³/mol. The van der Waals surface area contributed by atoms with E-state index in [1.807, 2.05) is 54.6 Å². The van der Waals surface area contributed by atoms with Crippen molar-refractivity contribution in [1.29, 1.82) is 0 Å². The fourth-order valence-electron chi connectivity index (χ4n) is 4.66.